The maximum Gasteiger partial charge on any atom is 0.0723 e. The van der Waals surface area contributed by atoms with Crippen LogP contribution in [0.2, 0.25) is 0 Å². The monoisotopic (exact) mass is 156 g/mol. The molecule has 0 radical (unpaired) electrons. The topological polar surface area (TPSA) is 68.3 Å². The highest BCUT2D eigenvalue weighted by Crippen LogP contribution is 2.04. The Morgan fingerprint density at radius 1 is 1.45 bits per heavy atom. The second-order valence-corrected chi connectivity index (χ2v) is 2.31. The lowest BCUT2D eigenvalue weighted by molar-refractivity contribution is 0.204. The van der Waals surface area contributed by atoms with E-state index in [0.29, 0.717) is 0 Å². The summed E-state index contributed by atoms with van der Waals surface area (Å²) in [6.45, 7) is -0.136. The first-order valence-electron chi connectivity index (χ1n) is 3.48. The summed E-state index contributed by atoms with van der Waals surface area (Å²) in [5, 5.41) is 20.3. The molecule has 0 spiro atoms. The first-order chi connectivity index (χ1) is 5.36. The van der Waals surface area contributed by atoms with Crippen LogP contribution in [0.5, 0.6) is 0 Å². The molecule has 4 N–H and O–H groups in total. The minimum atomic E-state index is -0.272. The summed E-state index contributed by atoms with van der Waals surface area (Å²) in [6, 6.07) is 1.56. The standard InChI is InChI=1S/C7H12N2O2/c10-4-7(5-11)9-6-1-2-8-3-6/h1-3,7-11H,4-5H2. The van der Waals surface area contributed by atoms with Gasteiger partial charge in [0.05, 0.1) is 24.9 Å². The lowest BCUT2D eigenvalue weighted by Gasteiger charge is -2.12. The van der Waals surface area contributed by atoms with Crippen molar-refractivity contribution in [3.8, 4) is 0 Å². The molecule has 0 unspecified atom stereocenters. The van der Waals surface area contributed by atoms with Crippen molar-refractivity contribution in [2.24, 2.45) is 0 Å². The average molecular weight is 156 g/mol. The highest BCUT2D eigenvalue weighted by atomic mass is 16.3. The Kier molecular flexibility index (Phi) is 2.95. The summed E-state index contributed by atoms with van der Waals surface area (Å²) < 4.78 is 0. The largest absolute Gasteiger partial charge is 0.394 e. The molecule has 1 rings (SSSR count). The normalized spacial score (nSPS) is 10.5. The Hall–Kier alpha value is -1.00. The van der Waals surface area contributed by atoms with Crippen molar-refractivity contribution in [1.29, 1.82) is 0 Å². The van der Waals surface area contributed by atoms with Crippen molar-refractivity contribution in [3.05, 3.63) is 18.5 Å². The Morgan fingerprint density at radius 3 is 2.64 bits per heavy atom. The van der Waals surface area contributed by atoms with Gasteiger partial charge in [-0.3, -0.25) is 0 Å². The molecule has 4 heteroatoms. The van der Waals surface area contributed by atoms with Crippen LogP contribution >= 0.6 is 0 Å². The van der Waals surface area contributed by atoms with E-state index >= 15 is 0 Å². The molecule has 1 aromatic heterocycles. The Morgan fingerprint density at radius 2 is 2.18 bits per heavy atom. The van der Waals surface area contributed by atoms with Gasteiger partial charge in [0.1, 0.15) is 0 Å². The first kappa shape index (κ1) is 8.10. The highest BCUT2D eigenvalue weighted by Gasteiger charge is 2.03. The summed E-state index contributed by atoms with van der Waals surface area (Å²) >= 11 is 0. The molecule has 0 atom stereocenters. The van der Waals surface area contributed by atoms with Gasteiger partial charge in [0.15, 0.2) is 0 Å². The summed E-state index contributed by atoms with van der Waals surface area (Å²) in [4.78, 5) is 2.86. The average Bonchev–Trinajstić information content (AvgIpc) is 2.52. The van der Waals surface area contributed by atoms with Crippen LogP contribution in [0.4, 0.5) is 5.69 Å². The second kappa shape index (κ2) is 4.00. The van der Waals surface area contributed by atoms with E-state index in [4.69, 9.17) is 10.2 Å². The number of nitrogens with one attached hydrogen (secondary N) is 2. The molecule has 62 valence electrons. The fourth-order valence-corrected chi connectivity index (χ4v) is 0.798. The molecule has 1 aromatic rings. The molecular formula is C7H12N2O2. The minimum Gasteiger partial charge on any atom is -0.394 e. The van der Waals surface area contributed by atoms with E-state index in [1.54, 1.807) is 12.4 Å². The van der Waals surface area contributed by atoms with Crippen molar-refractivity contribution in [2.45, 2.75) is 6.04 Å². The number of aliphatic hydroxyl groups is 2. The van der Waals surface area contributed by atoms with Crippen molar-refractivity contribution in [1.82, 2.24) is 4.98 Å². The Balaban J connectivity index is 2.41. The zero-order valence-corrected chi connectivity index (χ0v) is 6.12. The van der Waals surface area contributed by atoms with Crippen LogP contribution in [0.15, 0.2) is 18.5 Å². The highest BCUT2D eigenvalue weighted by molar-refractivity contribution is 5.41. The van der Waals surface area contributed by atoms with Crippen LogP contribution in [0.3, 0.4) is 0 Å². The predicted octanol–water partition coefficient (Wildman–Crippen LogP) is -0.220. The molecule has 0 saturated carbocycles. The van der Waals surface area contributed by atoms with Gasteiger partial charge in [0, 0.05) is 12.4 Å². The van der Waals surface area contributed by atoms with Gasteiger partial charge >= 0.3 is 0 Å². The molecular weight excluding hydrogens is 144 g/mol. The van der Waals surface area contributed by atoms with Gasteiger partial charge in [-0.25, -0.2) is 0 Å². The second-order valence-electron chi connectivity index (χ2n) is 2.31. The molecule has 4 nitrogen and oxygen atoms in total. The smallest absolute Gasteiger partial charge is 0.0723 e. The van der Waals surface area contributed by atoms with Crippen molar-refractivity contribution >= 4 is 5.69 Å². The van der Waals surface area contributed by atoms with Gasteiger partial charge in [-0.1, -0.05) is 0 Å². The van der Waals surface area contributed by atoms with E-state index in [-0.39, 0.29) is 19.3 Å². The summed E-state index contributed by atoms with van der Waals surface area (Å²) in [5.41, 5.74) is 0.873. The molecule has 11 heavy (non-hydrogen) atoms. The lowest BCUT2D eigenvalue weighted by Crippen LogP contribution is -2.27. The number of rotatable bonds is 4. The van der Waals surface area contributed by atoms with Gasteiger partial charge in [0.25, 0.3) is 0 Å². The Labute approximate surface area is 64.9 Å². The predicted molar refractivity (Wildman–Crippen MR) is 42.4 cm³/mol. The molecule has 0 aliphatic rings. The molecule has 0 saturated heterocycles. The first-order valence-corrected chi connectivity index (χ1v) is 3.48. The Bertz CT molecular complexity index is 182. The van der Waals surface area contributed by atoms with Crippen molar-refractivity contribution in [3.63, 3.8) is 0 Å². The molecule has 0 fully saturated rings. The van der Waals surface area contributed by atoms with Gasteiger partial charge in [-0.15, -0.1) is 0 Å². The fourth-order valence-electron chi connectivity index (χ4n) is 0.798. The zero-order valence-electron chi connectivity index (χ0n) is 6.12. The molecule has 0 aromatic carbocycles. The number of hydrogen-bond donors (Lipinski definition) is 4. The number of H-pyrrole nitrogens is 1. The SMILES string of the molecule is OCC(CO)Nc1cc[nH]c1. The van der Waals surface area contributed by atoms with E-state index in [0.717, 1.165) is 5.69 Å². The van der Waals surface area contributed by atoms with Gasteiger partial charge < -0.3 is 20.5 Å². The minimum absolute atomic E-state index is 0.0678. The lowest BCUT2D eigenvalue weighted by atomic mass is 10.3. The molecule has 0 aliphatic heterocycles. The number of anilines is 1. The van der Waals surface area contributed by atoms with Crippen molar-refractivity contribution in [2.75, 3.05) is 18.5 Å². The zero-order chi connectivity index (χ0) is 8.10. The van der Waals surface area contributed by atoms with Crippen LogP contribution < -0.4 is 5.32 Å². The third-order valence-corrected chi connectivity index (χ3v) is 1.41. The number of aliphatic hydroxyl groups excluding tert-OH is 2. The summed E-state index contributed by atoms with van der Waals surface area (Å²) in [6.07, 6.45) is 3.53. The summed E-state index contributed by atoms with van der Waals surface area (Å²) in [7, 11) is 0. The van der Waals surface area contributed by atoms with Gasteiger partial charge in [-0.05, 0) is 6.07 Å². The molecule has 0 bridgehead atoms. The van der Waals surface area contributed by atoms with Gasteiger partial charge in [0.2, 0.25) is 0 Å². The number of hydrogen-bond acceptors (Lipinski definition) is 3. The van der Waals surface area contributed by atoms with Crippen LogP contribution in [-0.2, 0) is 0 Å². The maximum absolute atomic E-state index is 8.69. The van der Waals surface area contributed by atoms with E-state index in [1.165, 1.54) is 0 Å². The number of aromatic nitrogens is 1. The maximum atomic E-state index is 8.69. The van der Waals surface area contributed by atoms with Crippen molar-refractivity contribution < 1.29 is 10.2 Å². The van der Waals surface area contributed by atoms with Crippen LogP contribution in [0.25, 0.3) is 0 Å². The van der Waals surface area contributed by atoms with E-state index in [1.807, 2.05) is 6.07 Å². The van der Waals surface area contributed by atoms with Crippen LogP contribution in [-0.4, -0.2) is 34.5 Å². The molecule has 0 aliphatic carbocycles. The quantitative estimate of drug-likeness (QED) is 0.487. The van der Waals surface area contributed by atoms with E-state index < -0.39 is 0 Å². The van der Waals surface area contributed by atoms with E-state index in [2.05, 4.69) is 10.3 Å². The number of aromatic amines is 1. The summed E-state index contributed by atoms with van der Waals surface area (Å²) in [5.74, 6) is 0. The van der Waals surface area contributed by atoms with Gasteiger partial charge in [-0.2, -0.15) is 0 Å². The third kappa shape index (κ3) is 2.25. The molecule has 0 amide bonds. The van der Waals surface area contributed by atoms with Crippen LogP contribution in [0.1, 0.15) is 0 Å². The van der Waals surface area contributed by atoms with Crippen LogP contribution in [0, 0.1) is 0 Å². The molecule has 1 heterocycles. The fraction of sp³-hybridized carbons (Fsp3) is 0.429. The third-order valence-electron chi connectivity index (χ3n) is 1.41. The van der Waals surface area contributed by atoms with E-state index in [9.17, 15) is 0 Å².